The number of benzene rings is 2. The maximum Gasteiger partial charge on any atom is 0.272 e. The van der Waals surface area contributed by atoms with Gasteiger partial charge in [0.2, 0.25) is 0 Å². The molecule has 0 aliphatic carbocycles. The number of nitro benzene ring substituents is 1. The molecule has 0 fully saturated rings. The van der Waals surface area contributed by atoms with Crippen LogP contribution in [0.1, 0.15) is 15.9 Å². The molecule has 2 aromatic rings. The average Bonchev–Trinajstić information content (AvgIpc) is 2.47. The molecule has 1 N–H and O–H groups in total. The summed E-state index contributed by atoms with van der Waals surface area (Å²) in [6.45, 7) is 1.63. The minimum absolute atomic E-state index is 0.0254. The Kier molecular flexibility index (Phi) is 4.18. The van der Waals surface area contributed by atoms with Gasteiger partial charge in [-0.25, -0.2) is 0 Å². The number of hydrogen-bond acceptors (Lipinski definition) is 4. The van der Waals surface area contributed by atoms with Crippen molar-refractivity contribution in [2.45, 2.75) is 6.92 Å². The molecule has 0 aliphatic rings. The molecule has 0 saturated carbocycles. The lowest BCUT2D eigenvalue weighted by atomic mass is 10.1. The average molecular weight is 286 g/mol. The van der Waals surface area contributed by atoms with Crippen molar-refractivity contribution in [3.05, 3.63) is 63.7 Å². The van der Waals surface area contributed by atoms with Crippen molar-refractivity contribution in [2.75, 3.05) is 12.4 Å². The zero-order valence-corrected chi connectivity index (χ0v) is 11.6. The fourth-order valence-corrected chi connectivity index (χ4v) is 1.88. The number of aryl methyl sites for hydroxylation is 1. The summed E-state index contributed by atoms with van der Waals surface area (Å²) in [5.74, 6) is 0.378. The molecule has 0 aromatic heterocycles. The van der Waals surface area contributed by atoms with Crippen LogP contribution in [0, 0.1) is 17.0 Å². The first kappa shape index (κ1) is 14.5. The lowest BCUT2D eigenvalue weighted by Crippen LogP contribution is -2.12. The smallest absolute Gasteiger partial charge is 0.272 e. The van der Waals surface area contributed by atoms with Crippen LogP contribution in [-0.4, -0.2) is 17.9 Å². The Morgan fingerprint density at radius 1 is 1.19 bits per heavy atom. The molecule has 0 atom stereocenters. The van der Waals surface area contributed by atoms with E-state index in [1.54, 1.807) is 44.4 Å². The van der Waals surface area contributed by atoms with Crippen LogP contribution in [0.2, 0.25) is 0 Å². The number of hydrogen-bond donors (Lipinski definition) is 1. The molecule has 0 spiro atoms. The maximum absolute atomic E-state index is 12.1. The number of methoxy groups -OCH3 is 1. The van der Waals surface area contributed by atoms with Gasteiger partial charge in [0.15, 0.2) is 0 Å². The van der Waals surface area contributed by atoms with Crippen molar-refractivity contribution in [1.29, 1.82) is 0 Å². The van der Waals surface area contributed by atoms with Crippen LogP contribution in [0.15, 0.2) is 42.5 Å². The van der Waals surface area contributed by atoms with Crippen molar-refractivity contribution in [3.8, 4) is 5.75 Å². The van der Waals surface area contributed by atoms with Gasteiger partial charge in [-0.2, -0.15) is 0 Å². The quantitative estimate of drug-likeness (QED) is 0.691. The van der Waals surface area contributed by atoms with Crippen LogP contribution in [0.4, 0.5) is 11.4 Å². The molecule has 1 amide bonds. The highest BCUT2D eigenvalue weighted by Crippen LogP contribution is 2.22. The molecule has 0 unspecified atom stereocenters. The summed E-state index contributed by atoms with van der Waals surface area (Å²) in [4.78, 5) is 22.3. The Morgan fingerprint density at radius 2 is 1.86 bits per heavy atom. The van der Waals surface area contributed by atoms with Crippen LogP contribution >= 0.6 is 0 Å². The summed E-state index contributed by atoms with van der Waals surface area (Å²) in [5, 5.41) is 13.4. The fourth-order valence-electron chi connectivity index (χ4n) is 1.88. The largest absolute Gasteiger partial charge is 0.497 e. The molecule has 2 rings (SSSR count). The third-order valence-corrected chi connectivity index (χ3v) is 3.00. The van der Waals surface area contributed by atoms with E-state index in [9.17, 15) is 14.9 Å². The first-order valence-corrected chi connectivity index (χ1v) is 6.21. The molecule has 2 aromatic carbocycles. The van der Waals surface area contributed by atoms with E-state index < -0.39 is 4.92 Å². The van der Waals surface area contributed by atoms with Gasteiger partial charge >= 0.3 is 0 Å². The number of carbonyl (C=O) groups excluding carboxylic acids is 1. The number of nitrogens with one attached hydrogen (secondary N) is 1. The van der Waals surface area contributed by atoms with Gasteiger partial charge in [-0.15, -0.1) is 0 Å². The highest BCUT2D eigenvalue weighted by atomic mass is 16.6. The summed E-state index contributed by atoms with van der Waals surface area (Å²) >= 11 is 0. The molecule has 21 heavy (non-hydrogen) atoms. The number of anilines is 1. The van der Waals surface area contributed by atoms with E-state index in [4.69, 9.17) is 4.74 Å². The van der Waals surface area contributed by atoms with Crippen molar-refractivity contribution < 1.29 is 14.5 Å². The summed E-state index contributed by atoms with van der Waals surface area (Å²) in [6.07, 6.45) is 0. The van der Waals surface area contributed by atoms with Crippen molar-refractivity contribution in [3.63, 3.8) is 0 Å². The minimum Gasteiger partial charge on any atom is -0.497 e. The Balaban J connectivity index is 2.15. The van der Waals surface area contributed by atoms with Gasteiger partial charge in [-0.3, -0.25) is 14.9 Å². The summed E-state index contributed by atoms with van der Waals surface area (Å²) < 4.78 is 5.02. The zero-order chi connectivity index (χ0) is 15.4. The van der Waals surface area contributed by atoms with Gasteiger partial charge in [-0.1, -0.05) is 0 Å². The van der Waals surface area contributed by atoms with E-state index >= 15 is 0 Å². The predicted octanol–water partition coefficient (Wildman–Crippen LogP) is 3.16. The highest BCUT2D eigenvalue weighted by molar-refractivity contribution is 6.04. The topological polar surface area (TPSA) is 81.5 Å². The summed E-state index contributed by atoms with van der Waals surface area (Å²) in [5.41, 5.74) is 1.51. The first-order valence-electron chi connectivity index (χ1n) is 6.21. The first-order chi connectivity index (χ1) is 10.0. The standard InChI is InChI=1S/C15H14N2O4/c1-10-9-12(5-8-14(10)17(19)20)16-15(18)11-3-6-13(21-2)7-4-11/h3-9H,1-2H3,(H,16,18). The predicted molar refractivity (Wildman–Crippen MR) is 78.8 cm³/mol. The molecule has 6 nitrogen and oxygen atoms in total. The molecular formula is C15H14N2O4. The van der Waals surface area contributed by atoms with E-state index in [-0.39, 0.29) is 11.6 Å². The van der Waals surface area contributed by atoms with E-state index in [0.717, 1.165) is 0 Å². The molecule has 108 valence electrons. The van der Waals surface area contributed by atoms with E-state index in [2.05, 4.69) is 5.32 Å². The SMILES string of the molecule is COc1ccc(C(=O)Nc2ccc([N+](=O)[O-])c(C)c2)cc1. The van der Waals surface area contributed by atoms with Gasteiger partial charge in [0.05, 0.1) is 12.0 Å². The second kappa shape index (κ2) is 6.04. The third-order valence-electron chi connectivity index (χ3n) is 3.00. The molecule has 0 saturated heterocycles. The van der Waals surface area contributed by atoms with Crippen LogP contribution in [0.3, 0.4) is 0 Å². The Bertz CT molecular complexity index is 681. The summed E-state index contributed by atoms with van der Waals surface area (Å²) in [6, 6.07) is 11.1. The molecule has 6 heteroatoms. The van der Waals surface area contributed by atoms with Gasteiger partial charge in [0.1, 0.15) is 5.75 Å². The number of rotatable bonds is 4. The van der Waals surface area contributed by atoms with Crippen molar-refractivity contribution >= 4 is 17.3 Å². The Morgan fingerprint density at radius 3 is 2.38 bits per heavy atom. The normalized spacial score (nSPS) is 10.0. The second-order valence-corrected chi connectivity index (χ2v) is 4.44. The highest BCUT2D eigenvalue weighted by Gasteiger charge is 2.12. The van der Waals surface area contributed by atoms with E-state index in [0.29, 0.717) is 22.6 Å². The van der Waals surface area contributed by atoms with Gasteiger partial charge in [0.25, 0.3) is 11.6 Å². The maximum atomic E-state index is 12.1. The monoisotopic (exact) mass is 286 g/mol. The van der Waals surface area contributed by atoms with Crippen molar-refractivity contribution in [1.82, 2.24) is 0 Å². The summed E-state index contributed by atoms with van der Waals surface area (Å²) in [7, 11) is 1.55. The lowest BCUT2D eigenvalue weighted by Gasteiger charge is -2.07. The number of ether oxygens (including phenoxy) is 1. The van der Waals surface area contributed by atoms with Gasteiger partial charge in [-0.05, 0) is 43.3 Å². The lowest BCUT2D eigenvalue weighted by molar-refractivity contribution is -0.385. The Hall–Kier alpha value is -2.89. The number of nitrogens with zero attached hydrogens (tertiary/aromatic N) is 1. The number of amides is 1. The number of nitro groups is 1. The fraction of sp³-hybridized carbons (Fsp3) is 0.133. The van der Waals surface area contributed by atoms with E-state index in [1.807, 2.05) is 0 Å². The van der Waals surface area contributed by atoms with E-state index in [1.165, 1.54) is 12.1 Å². The van der Waals surface area contributed by atoms with Gasteiger partial charge in [0, 0.05) is 22.9 Å². The minimum atomic E-state index is -0.454. The zero-order valence-electron chi connectivity index (χ0n) is 11.6. The van der Waals surface area contributed by atoms with Gasteiger partial charge < -0.3 is 10.1 Å². The Labute approximate surface area is 121 Å². The van der Waals surface area contributed by atoms with Crippen LogP contribution < -0.4 is 10.1 Å². The number of carbonyl (C=O) groups is 1. The van der Waals surface area contributed by atoms with Crippen LogP contribution in [0.25, 0.3) is 0 Å². The van der Waals surface area contributed by atoms with Crippen LogP contribution in [0.5, 0.6) is 5.75 Å². The second-order valence-electron chi connectivity index (χ2n) is 4.44. The third kappa shape index (κ3) is 3.36. The van der Waals surface area contributed by atoms with Crippen molar-refractivity contribution in [2.24, 2.45) is 0 Å². The molecule has 0 heterocycles. The molecule has 0 aliphatic heterocycles. The molecule has 0 radical (unpaired) electrons. The molecular weight excluding hydrogens is 272 g/mol. The van der Waals surface area contributed by atoms with Crippen LogP contribution in [-0.2, 0) is 0 Å². The molecule has 0 bridgehead atoms.